The summed E-state index contributed by atoms with van der Waals surface area (Å²) < 4.78 is 13.4. The summed E-state index contributed by atoms with van der Waals surface area (Å²) in [4.78, 5) is 31.7. The third-order valence-electron chi connectivity index (χ3n) is 6.52. The predicted octanol–water partition coefficient (Wildman–Crippen LogP) is 2.22. The van der Waals surface area contributed by atoms with Gasteiger partial charge in [-0.05, 0) is 61.9 Å². The van der Waals surface area contributed by atoms with Gasteiger partial charge in [0.25, 0.3) is 5.91 Å². The highest BCUT2D eigenvalue weighted by molar-refractivity contribution is 5.96. The van der Waals surface area contributed by atoms with Crippen LogP contribution in [0.5, 0.6) is 0 Å². The highest BCUT2D eigenvalue weighted by atomic mass is 19.1. The highest BCUT2D eigenvalue weighted by Crippen LogP contribution is 2.33. The van der Waals surface area contributed by atoms with E-state index in [1.54, 1.807) is 13.0 Å². The molecule has 2 aromatic rings. The molecule has 0 bridgehead atoms. The van der Waals surface area contributed by atoms with Crippen LogP contribution in [0.4, 0.5) is 4.39 Å². The van der Waals surface area contributed by atoms with Gasteiger partial charge in [0.2, 0.25) is 5.56 Å². The lowest BCUT2D eigenvalue weighted by atomic mass is 10.0. The molecule has 2 saturated heterocycles. The first kappa shape index (κ1) is 20.8. The van der Waals surface area contributed by atoms with Crippen molar-refractivity contribution < 1.29 is 9.18 Å². The Kier molecular flexibility index (Phi) is 5.75. The van der Waals surface area contributed by atoms with E-state index in [4.69, 9.17) is 5.73 Å². The summed E-state index contributed by atoms with van der Waals surface area (Å²) in [6, 6.07) is 7.82. The van der Waals surface area contributed by atoms with E-state index in [1.165, 1.54) is 18.2 Å². The van der Waals surface area contributed by atoms with Crippen molar-refractivity contribution in [1.82, 2.24) is 14.8 Å². The largest absolute Gasteiger partial charge is 0.338 e. The molecule has 2 aliphatic rings. The molecule has 2 aliphatic heterocycles. The van der Waals surface area contributed by atoms with Crippen LogP contribution in [0.15, 0.2) is 35.1 Å². The molecule has 4 rings (SSSR count). The molecule has 0 saturated carbocycles. The fourth-order valence-electron chi connectivity index (χ4n) is 5.00. The van der Waals surface area contributed by atoms with Gasteiger partial charge in [0.05, 0.1) is 5.56 Å². The molecule has 7 heteroatoms. The SMILES string of the molecule is Cc1cc(=O)[nH]c(C)c1C(=O)N1CC2CN(CCC(N)c3cccc(F)c3)CC2C1. The molecule has 1 aromatic carbocycles. The molecule has 2 fully saturated rings. The summed E-state index contributed by atoms with van der Waals surface area (Å²) in [6.07, 6.45) is 0.779. The Morgan fingerprint density at radius 2 is 1.90 bits per heavy atom. The number of likely N-dealkylation sites (tertiary alicyclic amines) is 2. The van der Waals surface area contributed by atoms with Gasteiger partial charge in [0, 0.05) is 44.0 Å². The lowest BCUT2D eigenvalue weighted by molar-refractivity contribution is 0.0772. The summed E-state index contributed by atoms with van der Waals surface area (Å²) in [5.41, 5.74) is 8.89. The van der Waals surface area contributed by atoms with Gasteiger partial charge in [-0.1, -0.05) is 12.1 Å². The minimum absolute atomic E-state index is 0.00956. The number of carbonyl (C=O) groups excluding carboxylic acids is 1. The first-order valence-electron chi connectivity index (χ1n) is 10.5. The number of rotatable bonds is 5. The molecule has 3 heterocycles. The second kappa shape index (κ2) is 8.32. The number of aromatic amines is 1. The smallest absolute Gasteiger partial charge is 0.255 e. The number of aryl methyl sites for hydroxylation is 2. The molecule has 0 spiro atoms. The zero-order valence-electron chi connectivity index (χ0n) is 17.5. The Morgan fingerprint density at radius 1 is 1.20 bits per heavy atom. The number of amides is 1. The van der Waals surface area contributed by atoms with Crippen molar-refractivity contribution >= 4 is 5.91 Å². The molecule has 0 radical (unpaired) electrons. The summed E-state index contributed by atoms with van der Waals surface area (Å²) in [7, 11) is 0. The maximum absolute atomic E-state index is 13.4. The van der Waals surface area contributed by atoms with Gasteiger partial charge in [0.1, 0.15) is 5.82 Å². The van der Waals surface area contributed by atoms with Crippen LogP contribution in [0.2, 0.25) is 0 Å². The lowest BCUT2D eigenvalue weighted by Gasteiger charge is -2.23. The van der Waals surface area contributed by atoms with Gasteiger partial charge in [-0.25, -0.2) is 4.39 Å². The number of hydrogen-bond acceptors (Lipinski definition) is 4. The van der Waals surface area contributed by atoms with Crippen molar-refractivity contribution in [3.8, 4) is 0 Å². The van der Waals surface area contributed by atoms with E-state index in [0.717, 1.165) is 50.3 Å². The Bertz CT molecular complexity index is 965. The van der Waals surface area contributed by atoms with Crippen molar-refractivity contribution in [2.45, 2.75) is 26.3 Å². The van der Waals surface area contributed by atoms with Gasteiger partial charge < -0.3 is 20.5 Å². The fourth-order valence-corrected chi connectivity index (χ4v) is 5.00. The molecule has 1 amide bonds. The number of benzene rings is 1. The summed E-state index contributed by atoms with van der Waals surface area (Å²) >= 11 is 0. The van der Waals surface area contributed by atoms with Crippen molar-refractivity contribution in [3.63, 3.8) is 0 Å². The van der Waals surface area contributed by atoms with Crippen LogP contribution in [0.3, 0.4) is 0 Å². The van der Waals surface area contributed by atoms with E-state index in [-0.39, 0.29) is 23.3 Å². The number of hydrogen-bond donors (Lipinski definition) is 2. The van der Waals surface area contributed by atoms with Crippen molar-refractivity contribution in [2.75, 3.05) is 32.7 Å². The molecular weight excluding hydrogens is 383 g/mol. The second-order valence-corrected chi connectivity index (χ2v) is 8.76. The number of nitrogens with zero attached hydrogens (tertiary/aromatic N) is 2. The quantitative estimate of drug-likeness (QED) is 0.789. The molecule has 6 nitrogen and oxygen atoms in total. The number of aromatic nitrogens is 1. The zero-order valence-corrected chi connectivity index (χ0v) is 17.5. The van der Waals surface area contributed by atoms with Gasteiger partial charge in [-0.3, -0.25) is 9.59 Å². The standard InChI is InChI=1S/C23H29FN4O2/c1-14-8-21(29)26-15(2)22(14)23(30)28-12-17-10-27(11-18(17)13-28)7-6-20(25)16-4-3-5-19(24)9-16/h3-5,8-9,17-18,20H,6-7,10-13,25H2,1-2H3,(H,26,29). The Hall–Kier alpha value is -2.51. The third kappa shape index (κ3) is 4.18. The van der Waals surface area contributed by atoms with E-state index < -0.39 is 0 Å². The molecule has 3 N–H and O–H groups in total. The van der Waals surface area contributed by atoms with E-state index >= 15 is 0 Å². The molecular formula is C23H29FN4O2. The fraction of sp³-hybridized carbons (Fsp3) is 0.478. The van der Waals surface area contributed by atoms with Crippen molar-refractivity contribution in [3.05, 3.63) is 68.9 Å². The van der Waals surface area contributed by atoms with E-state index in [0.29, 0.717) is 23.1 Å². The zero-order chi connectivity index (χ0) is 21.4. The number of nitrogens with one attached hydrogen (secondary N) is 1. The maximum atomic E-state index is 13.4. The first-order chi connectivity index (χ1) is 14.3. The van der Waals surface area contributed by atoms with Gasteiger partial charge in [0.15, 0.2) is 0 Å². The summed E-state index contributed by atoms with van der Waals surface area (Å²) in [5.74, 6) is 0.678. The van der Waals surface area contributed by atoms with E-state index in [2.05, 4.69) is 9.88 Å². The summed E-state index contributed by atoms with van der Waals surface area (Å²) in [6.45, 7) is 7.86. The highest BCUT2D eigenvalue weighted by Gasteiger charge is 2.42. The molecule has 1 aromatic heterocycles. The number of carbonyl (C=O) groups is 1. The van der Waals surface area contributed by atoms with Crippen LogP contribution in [0, 0.1) is 31.5 Å². The Balaban J connectivity index is 1.32. The van der Waals surface area contributed by atoms with Gasteiger partial charge in [-0.2, -0.15) is 0 Å². The molecule has 160 valence electrons. The minimum atomic E-state index is -0.253. The molecule has 0 aliphatic carbocycles. The second-order valence-electron chi connectivity index (χ2n) is 8.76. The van der Waals surface area contributed by atoms with Crippen LogP contribution in [-0.2, 0) is 0 Å². The topological polar surface area (TPSA) is 82.4 Å². The number of halogens is 1. The molecule has 3 atom stereocenters. The third-order valence-corrected chi connectivity index (χ3v) is 6.52. The Morgan fingerprint density at radius 3 is 2.53 bits per heavy atom. The molecule has 3 unspecified atom stereocenters. The average molecular weight is 413 g/mol. The molecule has 30 heavy (non-hydrogen) atoms. The van der Waals surface area contributed by atoms with E-state index in [9.17, 15) is 14.0 Å². The van der Waals surface area contributed by atoms with Crippen LogP contribution in [0.1, 0.15) is 39.6 Å². The van der Waals surface area contributed by atoms with Crippen LogP contribution >= 0.6 is 0 Å². The number of pyridine rings is 1. The lowest BCUT2D eigenvalue weighted by Crippen LogP contribution is -2.35. The number of fused-ring (bicyclic) bond motifs is 1. The normalized spacial score (nSPS) is 22.3. The predicted molar refractivity (Wildman–Crippen MR) is 114 cm³/mol. The number of nitrogens with two attached hydrogens (primary N) is 1. The van der Waals surface area contributed by atoms with Crippen molar-refractivity contribution in [1.29, 1.82) is 0 Å². The average Bonchev–Trinajstić information content (AvgIpc) is 3.24. The first-order valence-corrected chi connectivity index (χ1v) is 10.5. The Labute approximate surface area is 175 Å². The maximum Gasteiger partial charge on any atom is 0.255 e. The monoisotopic (exact) mass is 412 g/mol. The van der Waals surface area contributed by atoms with Crippen LogP contribution in [0.25, 0.3) is 0 Å². The minimum Gasteiger partial charge on any atom is -0.338 e. The van der Waals surface area contributed by atoms with Crippen molar-refractivity contribution in [2.24, 2.45) is 17.6 Å². The van der Waals surface area contributed by atoms with E-state index in [1.807, 2.05) is 17.9 Å². The van der Waals surface area contributed by atoms with Gasteiger partial charge in [-0.15, -0.1) is 0 Å². The van der Waals surface area contributed by atoms with Crippen LogP contribution in [-0.4, -0.2) is 53.4 Å². The number of H-pyrrole nitrogens is 1. The summed E-state index contributed by atoms with van der Waals surface area (Å²) in [5, 5.41) is 0. The van der Waals surface area contributed by atoms with Gasteiger partial charge >= 0.3 is 0 Å². The van der Waals surface area contributed by atoms with Crippen LogP contribution < -0.4 is 11.3 Å².